The minimum atomic E-state index is 0.427. The van der Waals surface area contributed by atoms with Crippen molar-refractivity contribution in [1.82, 2.24) is 5.32 Å². The highest BCUT2D eigenvalue weighted by atomic mass is 79.9. The average molecular weight is 319 g/mol. The van der Waals surface area contributed by atoms with Gasteiger partial charge < -0.3 is 5.32 Å². The topological polar surface area (TPSA) is 12.0 Å². The molecule has 0 aliphatic carbocycles. The van der Waals surface area contributed by atoms with Crippen molar-refractivity contribution in [2.75, 3.05) is 6.54 Å². The summed E-state index contributed by atoms with van der Waals surface area (Å²) in [6, 6.07) is 6.62. The Bertz CT molecular complexity index is 352. The molecular weight excluding hydrogens is 298 g/mol. The van der Waals surface area contributed by atoms with E-state index < -0.39 is 0 Å². The number of hydrogen-bond acceptors (Lipinski definition) is 1. The fraction of sp³-hybridized carbons (Fsp3) is 0.571. The van der Waals surface area contributed by atoms with Crippen LogP contribution < -0.4 is 5.32 Å². The SMILES string of the molecule is CCNC(CCC(C)C)c1ccc(Cl)c(Br)c1. The molecule has 0 spiro atoms. The van der Waals surface area contributed by atoms with Crippen molar-refractivity contribution in [1.29, 1.82) is 0 Å². The minimum absolute atomic E-state index is 0.427. The van der Waals surface area contributed by atoms with E-state index in [4.69, 9.17) is 11.6 Å². The minimum Gasteiger partial charge on any atom is -0.310 e. The molecular formula is C14H21BrClN. The van der Waals surface area contributed by atoms with E-state index in [9.17, 15) is 0 Å². The standard InChI is InChI=1S/C14H21BrClN/c1-4-17-14(8-5-10(2)3)11-6-7-13(16)12(15)9-11/h6-7,9-10,14,17H,4-5,8H2,1-3H3. The first-order valence-corrected chi connectivity index (χ1v) is 7.40. The van der Waals surface area contributed by atoms with E-state index in [1.807, 2.05) is 6.07 Å². The zero-order valence-corrected chi connectivity index (χ0v) is 13.1. The molecule has 0 saturated heterocycles. The lowest BCUT2D eigenvalue weighted by Gasteiger charge is -2.20. The van der Waals surface area contributed by atoms with Gasteiger partial charge in [-0.25, -0.2) is 0 Å². The Balaban J connectivity index is 2.77. The molecule has 1 aromatic rings. The van der Waals surface area contributed by atoms with E-state index in [1.165, 1.54) is 18.4 Å². The summed E-state index contributed by atoms with van der Waals surface area (Å²) in [5.74, 6) is 0.742. The average Bonchev–Trinajstić information content (AvgIpc) is 2.28. The van der Waals surface area contributed by atoms with Gasteiger partial charge in [0.1, 0.15) is 0 Å². The summed E-state index contributed by atoms with van der Waals surface area (Å²) in [4.78, 5) is 0. The van der Waals surface area contributed by atoms with E-state index >= 15 is 0 Å². The van der Waals surface area contributed by atoms with Gasteiger partial charge >= 0.3 is 0 Å². The van der Waals surface area contributed by atoms with Crippen LogP contribution in [0.1, 0.15) is 45.2 Å². The lowest BCUT2D eigenvalue weighted by Crippen LogP contribution is -2.21. The van der Waals surface area contributed by atoms with Gasteiger partial charge in [0.2, 0.25) is 0 Å². The third-order valence-corrected chi connectivity index (χ3v) is 4.04. The summed E-state index contributed by atoms with van der Waals surface area (Å²) in [5.41, 5.74) is 1.31. The van der Waals surface area contributed by atoms with Crippen LogP contribution in [0.4, 0.5) is 0 Å². The lowest BCUT2D eigenvalue weighted by atomic mass is 9.97. The van der Waals surface area contributed by atoms with Crippen molar-refractivity contribution >= 4 is 27.5 Å². The molecule has 1 atom stereocenters. The van der Waals surface area contributed by atoms with Gasteiger partial charge in [0.15, 0.2) is 0 Å². The van der Waals surface area contributed by atoms with E-state index in [-0.39, 0.29) is 0 Å². The summed E-state index contributed by atoms with van der Waals surface area (Å²) in [6.07, 6.45) is 2.40. The smallest absolute Gasteiger partial charge is 0.0548 e. The Morgan fingerprint density at radius 3 is 2.53 bits per heavy atom. The fourth-order valence-electron chi connectivity index (χ4n) is 1.86. The summed E-state index contributed by atoms with van der Waals surface area (Å²) in [7, 11) is 0. The molecule has 0 heterocycles. The molecule has 0 bridgehead atoms. The van der Waals surface area contributed by atoms with Gasteiger partial charge in [0, 0.05) is 10.5 Å². The molecule has 96 valence electrons. The van der Waals surface area contributed by atoms with Crippen molar-refractivity contribution in [3.05, 3.63) is 33.3 Å². The molecule has 1 nitrogen and oxygen atoms in total. The predicted molar refractivity (Wildman–Crippen MR) is 79.6 cm³/mol. The molecule has 1 aromatic carbocycles. The second-order valence-corrected chi connectivity index (χ2v) is 6.02. The van der Waals surface area contributed by atoms with E-state index in [1.54, 1.807) is 0 Å². The largest absolute Gasteiger partial charge is 0.310 e. The van der Waals surface area contributed by atoms with Gasteiger partial charge in [-0.15, -0.1) is 0 Å². The van der Waals surface area contributed by atoms with E-state index in [0.717, 1.165) is 22.0 Å². The van der Waals surface area contributed by atoms with Gasteiger partial charge in [0.05, 0.1) is 5.02 Å². The molecule has 0 aliphatic heterocycles. The van der Waals surface area contributed by atoms with Crippen LogP contribution in [-0.4, -0.2) is 6.54 Å². The Kier molecular flexibility index (Phi) is 6.53. The first-order chi connectivity index (χ1) is 8.04. The third-order valence-electron chi connectivity index (χ3n) is 2.83. The molecule has 17 heavy (non-hydrogen) atoms. The lowest BCUT2D eigenvalue weighted by molar-refractivity contribution is 0.448. The monoisotopic (exact) mass is 317 g/mol. The maximum absolute atomic E-state index is 6.02. The van der Waals surface area contributed by atoms with Crippen molar-refractivity contribution in [3.8, 4) is 0 Å². The van der Waals surface area contributed by atoms with Crippen molar-refractivity contribution in [2.24, 2.45) is 5.92 Å². The van der Waals surface area contributed by atoms with Crippen LogP contribution in [0, 0.1) is 5.92 Å². The zero-order chi connectivity index (χ0) is 12.8. The quantitative estimate of drug-likeness (QED) is 0.761. The molecule has 0 saturated carbocycles. The molecule has 1 unspecified atom stereocenters. The highest BCUT2D eigenvalue weighted by Gasteiger charge is 2.12. The summed E-state index contributed by atoms with van der Waals surface area (Å²) < 4.78 is 0.976. The van der Waals surface area contributed by atoms with Crippen LogP contribution in [0.3, 0.4) is 0 Å². The first-order valence-electron chi connectivity index (χ1n) is 6.23. The van der Waals surface area contributed by atoms with Gasteiger partial charge in [-0.1, -0.05) is 38.4 Å². The van der Waals surface area contributed by atoms with Crippen molar-refractivity contribution < 1.29 is 0 Å². The van der Waals surface area contributed by atoms with Crippen LogP contribution >= 0.6 is 27.5 Å². The molecule has 0 aromatic heterocycles. The highest BCUT2D eigenvalue weighted by molar-refractivity contribution is 9.10. The normalized spacial score (nSPS) is 13.1. The molecule has 0 amide bonds. The molecule has 0 fully saturated rings. The molecule has 0 radical (unpaired) electrons. The Labute approximate surface area is 118 Å². The Morgan fingerprint density at radius 2 is 2.00 bits per heavy atom. The Hall–Kier alpha value is -0.0500. The number of hydrogen-bond donors (Lipinski definition) is 1. The van der Waals surface area contributed by atoms with Crippen LogP contribution in [0.2, 0.25) is 5.02 Å². The van der Waals surface area contributed by atoms with Gasteiger partial charge in [0.25, 0.3) is 0 Å². The van der Waals surface area contributed by atoms with Gasteiger partial charge in [-0.2, -0.15) is 0 Å². The maximum Gasteiger partial charge on any atom is 0.0548 e. The van der Waals surface area contributed by atoms with Gasteiger partial charge in [-0.3, -0.25) is 0 Å². The second-order valence-electron chi connectivity index (χ2n) is 4.76. The molecule has 0 aliphatic rings. The predicted octanol–water partition coefficient (Wildman–Crippen LogP) is 5.19. The summed E-state index contributed by atoms with van der Waals surface area (Å²) in [6.45, 7) is 7.66. The van der Waals surface area contributed by atoms with Crippen LogP contribution in [-0.2, 0) is 0 Å². The third kappa shape index (κ3) is 4.99. The van der Waals surface area contributed by atoms with Crippen LogP contribution in [0.15, 0.2) is 22.7 Å². The second kappa shape index (κ2) is 7.40. The zero-order valence-electron chi connectivity index (χ0n) is 10.8. The van der Waals surface area contributed by atoms with E-state index in [2.05, 4.69) is 54.2 Å². The molecule has 1 rings (SSSR count). The highest BCUT2D eigenvalue weighted by Crippen LogP contribution is 2.28. The van der Waals surface area contributed by atoms with Crippen molar-refractivity contribution in [3.63, 3.8) is 0 Å². The van der Waals surface area contributed by atoms with E-state index in [0.29, 0.717) is 6.04 Å². The summed E-state index contributed by atoms with van der Waals surface area (Å²) >= 11 is 9.51. The van der Waals surface area contributed by atoms with Crippen molar-refractivity contribution in [2.45, 2.75) is 39.7 Å². The number of halogens is 2. The number of rotatable bonds is 6. The van der Waals surface area contributed by atoms with Gasteiger partial charge in [-0.05, 0) is 58.9 Å². The maximum atomic E-state index is 6.02. The summed E-state index contributed by atoms with van der Waals surface area (Å²) in [5, 5.41) is 4.31. The van der Waals surface area contributed by atoms with Crippen LogP contribution in [0.5, 0.6) is 0 Å². The Morgan fingerprint density at radius 1 is 1.29 bits per heavy atom. The van der Waals surface area contributed by atoms with Crippen LogP contribution in [0.25, 0.3) is 0 Å². The molecule has 3 heteroatoms. The fourth-order valence-corrected chi connectivity index (χ4v) is 2.38. The first kappa shape index (κ1) is 15.0. The molecule has 1 N–H and O–H groups in total. The number of benzene rings is 1. The number of nitrogens with one attached hydrogen (secondary N) is 1.